The van der Waals surface area contributed by atoms with Crippen LogP contribution >= 0.6 is 0 Å². The van der Waals surface area contributed by atoms with Crippen LogP contribution in [0.1, 0.15) is 32.1 Å². The number of carbonyl (C=O) groups excluding carboxylic acids is 1. The van der Waals surface area contributed by atoms with Gasteiger partial charge < -0.3 is 15.8 Å². The Hall–Kier alpha value is -2.92. The van der Waals surface area contributed by atoms with Gasteiger partial charge in [0.05, 0.1) is 5.52 Å². The van der Waals surface area contributed by atoms with Crippen molar-refractivity contribution in [3.8, 4) is 11.5 Å². The lowest BCUT2D eigenvalue weighted by molar-refractivity contribution is -0.116. The Morgan fingerprint density at radius 1 is 0.963 bits per heavy atom. The summed E-state index contributed by atoms with van der Waals surface area (Å²) in [6.07, 6.45) is 6.31. The minimum absolute atomic E-state index is 0.0385. The van der Waals surface area contributed by atoms with Gasteiger partial charge in [0.15, 0.2) is 0 Å². The number of nitrogens with one attached hydrogen (secondary N) is 1. The molecule has 0 unspecified atom stereocenters. The first-order chi connectivity index (χ1) is 13.3. The molecule has 5 nitrogen and oxygen atoms in total. The number of hydrogen-bond acceptors (Lipinski definition) is 4. The second-order valence-corrected chi connectivity index (χ2v) is 6.45. The fourth-order valence-corrected chi connectivity index (χ4v) is 2.90. The number of para-hydroxylation sites is 1. The van der Waals surface area contributed by atoms with Crippen molar-refractivity contribution in [2.24, 2.45) is 5.73 Å². The lowest BCUT2D eigenvalue weighted by atomic mass is 10.1. The van der Waals surface area contributed by atoms with Crippen molar-refractivity contribution >= 4 is 22.5 Å². The van der Waals surface area contributed by atoms with E-state index in [1.165, 1.54) is 0 Å². The number of benzene rings is 2. The molecule has 27 heavy (non-hydrogen) atoms. The zero-order valence-corrected chi connectivity index (χ0v) is 15.4. The van der Waals surface area contributed by atoms with Crippen LogP contribution in [0.15, 0.2) is 60.8 Å². The summed E-state index contributed by atoms with van der Waals surface area (Å²) in [5, 5.41) is 3.89. The Labute approximate surface area is 159 Å². The molecule has 0 spiro atoms. The van der Waals surface area contributed by atoms with E-state index in [1.807, 2.05) is 54.6 Å². The molecular formula is C22H25N3O2. The summed E-state index contributed by atoms with van der Waals surface area (Å²) in [6, 6.07) is 17.1. The third-order valence-corrected chi connectivity index (χ3v) is 4.33. The van der Waals surface area contributed by atoms with Gasteiger partial charge >= 0.3 is 0 Å². The average molecular weight is 363 g/mol. The number of nitrogens with two attached hydrogens (primary N) is 1. The summed E-state index contributed by atoms with van der Waals surface area (Å²) in [6.45, 7) is 0.718. The summed E-state index contributed by atoms with van der Waals surface area (Å²) in [7, 11) is 0. The third-order valence-electron chi connectivity index (χ3n) is 4.33. The maximum Gasteiger partial charge on any atom is 0.224 e. The summed E-state index contributed by atoms with van der Waals surface area (Å²) < 4.78 is 5.99. The predicted molar refractivity (Wildman–Crippen MR) is 109 cm³/mol. The zero-order valence-electron chi connectivity index (χ0n) is 15.4. The van der Waals surface area contributed by atoms with E-state index in [-0.39, 0.29) is 5.91 Å². The molecule has 0 aliphatic heterocycles. The Kier molecular flexibility index (Phi) is 6.77. The van der Waals surface area contributed by atoms with Gasteiger partial charge in [-0.3, -0.25) is 9.78 Å². The standard InChI is InChI=1S/C22H25N3O2/c23-15-6-2-1-3-9-22(26)25-17-10-12-18(13-11-17)27-21-14-16-24-20-8-5-4-7-19(20)21/h4-5,7-8,10-14,16H,1-3,6,9,15,23H2,(H,25,26). The molecule has 0 saturated carbocycles. The van der Waals surface area contributed by atoms with Crippen molar-refractivity contribution in [1.29, 1.82) is 0 Å². The van der Waals surface area contributed by atoms with Gasteiger partial charge in [0.1, 0.15) is 11.5 Å². The topological polar surface area (TPSA) is 77.2 Å². The summed E-state index contributed by atoms with van der Waals surface area (Å²) in [5.74, 6) is 1.51. The Morgan fingerprint density at radius 2 is 1.74 bits per heavy atom. The average Bonchev–Trinajstić information content (AvgIpc) is 2.70. The van der Waals surface area contributed by atoms with Crippen LogP contribution < -0.4 is 15.8 Å². The third kappa shape index (κ3) is 5.53. The van der Waals surface area contributed by atoms with Gasteiger partial charge in [-0.1, -0.05) is 25.0 Å². The highest BCUT2D eigenvalue weighted by molar-refractivity contribution is 5.90. The van der Waals surface area contributed by atoms with Crippen molar-refractivity contribution < 1.29 is 9.53 Å². The van der Waals surface area contributed by atoms with Crippen LogP contribution in [0, 0.1) is 0 Å². The van der Waals surface area contributed by atoms with Crippen LogP contribution in [0.25, 0.3) is 10.9 Å². The molecule has 0 aliphatic carbocycles. The molecule has 0 atom stereocenters. The van der Waals surface area contributed by atoms with Gasteiger partial charge in [0, 0.05) is 23.7 Å². The molecule has 1 aromatic heterocycles. The fraction of sp³-hybridized carbons (Fsp3) is 0.273. The Morgan fingerprint density at radius 3 is 2.56 bits per heavy atom. The van der Waals surface area contributed by atoms with E-state index in [1.54, 1.807) is 6.20 Å². The van der Waals surface area contributed by atoms with Crippen LogP contribution in [0.5, 0.6) is 11.5 Å². The number of anilines is 1. The summed E-state index contributed by atoms with van der Waals surface area (Å²) in [4.78, 5) is 16.3. The van der Waals surface area contributed by atoms with Gasteiger partial charge in [0.2, 0.25) is 5.91 Å². The van der Waals surface area contributed by atoms with E-state index in [9.17, 15) is 4.79 Å². The maximum absolute atomic E-state index is 12.0. The Balaban J connectivity index is 1.55. The SMILES string of the molecule is NCCCCCCC(=O)Nc1ccc(Oc2ccnc3ccccc23)cc1. The molecule has 140 valence electrons. The number of ether oxygens (including phenoxy) is 1. The second-order valence-electron chi connectivity index (χ2n) is 6.45. The number of hydrogen-bond donors (Lipinski definition) is 2. The number of amides is 1. The molecule has 0 saturated heterocycles. The highest BCUT2D eigenvalue weighted by Gasteiger charge is 2.05. The van der Waals surface area contributed by atoms with E-state index in [0.29, 0.717) is 12.2 Å². The molecule has 2 aromatic carbocycles. The van der Waals surface area contributed by atoms with Crippen LogP contribution in [-0.4, -0.2) is 17.4 Å². The molecule has 0 radical (unpaired) electrons. The maximum atomic E-state index is 12.0. The van der Waals surface area contributed by atoms with Crippen molar-refractivity contribution in [1.82, 2.24) is 4.98 Å². The molecule has 0 bridgehead atoms. The van der Waals surface area contributed by atoms with Gasteiger partial charge in [-0.15, -0.1) is 0 Å². The van der Waals surface area contributed by atoms with E-state index < -0.39 is 0 Å². The summed E-state index contributed by atoms with van der Waals surface area (Å²) >= 11 is 0. The van der Waals surface area contributed by atoms with Crippen LogP contribution in [-0.2, 0) is 4.79 Å². The highest BCUT2D eigenvalue weighted by Crippen LogP contribution is 2.29. The number of aromatic nitrogens is 1. The summed E-state index contributed by atoms with van der Waals surface area (Å²) in [5.41, 5.74) is 7.13. The van der Waals surface area contributed by atoms with E-state index >= 15 is 0 Å². The van der Waals surface area contributed by atoms with Gasteiger partial charge in [-0.25, -0.2) is 0 Å². The molecule has 1 amide bonds. The second kappa shape index (κ2) is 9.69. The number of fused-ring (bicyclic) bond motifs is 1. The molecule has 3 N–H and O–H groups in total. The molecule has 0 fully saturated rings. The molecule has 3 rings (SSSR count). The number of rotatable bonds is 9. The predicted octanol–water partition coefficient (Wildman–Crippen LogP) is 4.87. The van der Waals surface area contributed by atoms with Gasteiger partial charge in [0.25, 0.3) is 0 Å². The van der Waals surface area contributed by atoms with Crippen LogP contribution in [0.2, 0.25) is 0 Å². The largest absolute Gasteiger partial charge is 0.457 e. The Bertz CT molecular complexity index is 873. The van der Waals surface area contributed by atoms with Crippen molar-refractivity contribution in [2.45, 2.75) is 32.1 Å². The van der Waals surface area contributed by atoms with Crippen molar-refractivity contribution in [2.75, 3.05) is 11.9 Å². The fourth-order valence-electron chi connectivity index (χ4n) is 2.90. The number of carbonyl (C=O) groups is 1. The van der Waals surface area contributed by atoms with Gasteiger partial charge in [-0.05, 0) is 61.9 Å². The lowest BCUT2D eigenvalue weighted by Gasteiger charge is -2.10. The highest BCUT2D eigenvalue weighted by atomic mass is 16.5. The monoisotopic (exact) mass is 363 g/mol. The quantitative estimate of drug-likeness (QED) is 0.532. The van der Waals surface area contributed by atoms with Gasteiger partial charge in [-0.2, -0.15) is 0 Å². The smallest absolute Gasteiger partial charge is 0.224 e. The molecular weight excluding hydrogens is 338 g/mol. The first kappa shape index (κ1) is 18.9. The van der Waals surface area contributed by atoms with Crippen molar-refractivity contribution in [3.63, 3.8) is 0 Å². The van der Waals surface area contributed by atoms with Crippen LogP contribution in [0.4, 0.5) is 5.69 Å². The van der Waals surface area contributed by atoms with Crippen LogP contribution in [0.3, 0.4) is 0 Å². The number of pyridine rings is 1. The first-order valence-electron chi connectivity index (χ1n) is 9.38. The minimum Gasteiger partial charge on any atom is -0.457 e. The van der Waals surface area contributed by atoms with E-state index in [4.69, 9.17) is 10.5 Å². The minimum atomic E-state index is 0.0385. The van der Waals surface area contributed by atoms with E-state index in [2.05, 4.69) is 10.3 Å². The molecule has 1 heterocycles. The molecule has 3 aromatic rings. The zero-order chi connectivity index (χ0) is 18.9. The molecule has 5 heteroatoms. The number of unbranched alkanes of at least 4 members (excludes halogenated alkanes) is 3. The normalized spacial score (nSPS) is 10.7. The number of nitrogens with zero attached hydrogens (tertiary/aromatic N) is 1. The van der Waals surface area contributed by atoms with Crippen molar-refractivity contribution in [3.05, 3.63) is 60.8 Å². The first-order valence-corrected chi connectivity index (χ1v) is 9.38. The lowest BCUT2D eigenvalue weighted by Crippen LogP contribution is -2.11. The van der Waals surface area contributed by atoms with E-state index in [0.717, 1.165) is 54.6 Å². The molecule has 0 aliphatic rings.